The maximum Gasteiger partial charge on any atom is 0.253 e. The third-order valence-electron chi connectivity index (χ3n) is 3.69. The molecule has 2 aromatic rings. The van der Waals surface area contributed by atoms with Gasteiger partial charge in [-0.3, -0.25) is 4.79 Å². The van der Waals surface area contributed by atoms with Gasteiger partial charge in [0.25, 0.3) is 5.91 Å². The first kappa shape index (κ1) is 13.6. The molecule has 0 spiro atoms. The maximum atomic E-state index is 12.4. The molecule has 1 heterocycles. The highest BCUT2D eigenvalue weighted by Gasteiger charge is 2.25. The lowest BCUT2D eigenvalue weighted by Gasteiger charge is -2.27. The van der Waals surface area contributed by atoms with Gasteiger partial charge in [0, 0.05) is 24.1 Å². The van der Waals surface area contributed by atoms with Crippen molar-refractivity contribution in [1.29, 1.82) is 0 Å². The second-order valence-corrected chi connectivity index (χ2v) is 5.20. The second kappa shape index (κ2) is 5.05. The number of para-hydroxylation sites is 1. The van der Waals surface area contributed by atoms with Crippen LogP contribution >= 0.6 is 0 Å². The Morgan fingerprint density at radius 3 is 2.74 bits per heavy atom. The van der Waals surface area contributed by atoms with Crippen LogP contribution in [0.3, 0.4) is 0 Å². The van der Waals surface area contributed by atoms with Gasteiger partial charge < -0.3 is 15.0 Å². The summed E-state index contributed by atoms with van der Waals surface area (Å²) >= 11 is 0. The molecule has 4 nitrogen and oxygen atoms in total. The number of aryl methyl sites for hydroxylation is 1. The van der Waals surface area contributed by atoms with E-state index >= 15 is 0 Å². The van der Waals surface area contributed by atoms with Crippen LogP contribution in [0.4, 0.5) is 0 Å². The summed E-state index contributed by atoms with van der Waals surface area (Å²) in [7, 11) is 1.92. The van der Waals surface area contributed by atoms with Gasteiger partial charge in [-0.15, -0.1) is 0 Å². The Hall–Kier alpha value is -1.81. The van der Waals surface area contributed by atoms with E-state index in [9.17, 15) is 9.90 Å². The molecule has 0 fully saturated rings. The summed E-state index contributed by atoms with van der Waals surface area (Å²) in [6, 6.07) is 7.79. The normalized spacial score (nSPS) is 14.3. The van der Waals surface area contributed by atoms with Gasteiger partial charge in [0.15, 0.2) is 0 Å². The zero-order valence-corrected chi connectivity index (χ0v) is 11.6. The fourth-order valence-electron chi connectivity index (χ4n) is 2.10. The lowest BCUT2D eigenvalue weighted by Crippen LogP contribution is -2.48. The number of nitrogens with one attached hydrogen (secondary N) is 1. The van der Waals surface area contributed by atoms with Crippen molar-refractivity contribution < 1.29 is 9.90 Å². The largest absolute Gasteiger partial charge is 0.394 e. The van der Waals surface area contributed by atoms with Crippen molar-refractivity contribution in [3.8, 4) is 0 Å². The summed E-state index contributed by atoms with van der Waals surface area (Å²) in [6.07, 6.45) is 2.51. The molecule has 0 aliphatic carbocycles. The van der Waals surface area contributed by atoms with E-state index in [2.05, 4.69) is 5.32 Å². The van der Waals surface area contributed by atoms with Gasteiger partial charge in [-0.05, 0) is 19.4 Å². The zero-order chi connectivity index (χ0) is 14.0. The highest BCUT2D eigenvalue weighted by Crippen LogP contribution is 2.21. The minimum absolute atomic E-state index is 0.0694. The standard InChI is InChI=1S/C15H20N2O2/c1-4-15(2,10-18)16-14(19)12-9-17(3)13-8-6-5-7-11(12)13/h5-9,18H,4,10H2,1-3H3,(H,16,19). The van der Waals surface area contributed by atoms with E-state index in [1.165, 1.54) is 0 Å². The first-order valence-electron chi connectivity index (χ1n) is 6.48. The second-order valence-electron chi connectivity index (χ2n) is 5.20. The lowest BCUT2D eigenvalue weighted by atomic mass is 9.99. The molecule has 0 aliphatic rings. The third kappa shape index (κ3) is 2.49. The van der Waals surface area contributed by atoms with Crippen molar-refractivity contribution in [3.63, 3.8) is 0 Å². The third-order valence-corrected chi connectivity index (χ3v) is 3.69. The van der Waals surface area contributed by atoms with E-state index in [4.69, 9.17) is 0 Å². The van der Waals surface area contributed by atoms with E-state index in [1.54, 1.807) is 0 Å². The number of aliphatic hydroxyl groups is 1. The number of carbonyl (C=O) groups excluding carboxylic acids is 1. The number of fused-ring (bicyclic) bond motifs is 1. The Morgan fingerprint density at radius 2 is 2.11 bits per heavy atom. The quantitative estimate of drug-likeness (QED) is 0.884. The fraction of sp³-hybridized carbons (Fsp3) is 0.400. The van der Waals surface area contributed by atoms with Crippen molar-refractivity contribution >= 4 is 16.8 Å². The molecule has 1 unspecified atom stereocenters. The van der Waals surface area contributed by atoms with Crippen LogP contribution in [0.15, 0.2) is 30.5 Å². The molecule has 4 heteroatoms. The average Bonchev–Trinajstić information content (AvgIpc) is 2.77. The molecule has 2 N–H and O–H groups in total. The summed E-state index contributed by atoms with van der Waals surface area (Å²) in [5.74, 6) is -0.143. The van der Waals surface area contributed by atoms with Gasteiger partial charge in [0.1, 0.15) is 0 Å². The Balaban J connectivity index is 2.37. The number of amides is 1. The number of aliphatic hydroxyl groups excluding tert-OH is 1. The Bertz CT molecular complexity index is 597. The van der Waals surface area contributed by atoms with Crippen molar-refractivity contribution in [2.24, 2.45) is 7.05 Å². The molecular formula is C15H20N2O2. The van der Waals surface area contributed by atoms with Crippen molar-refractivity contribution in [1.82, 2.24) is 9.88 Å². The molecule has 19 heavy (non-hydrogen) atoms. The molecule has 0 radical (unpaired) electrons. The number of benzene rings is 1. The van der Waals surface area contributed by atoms with Crippen LogP contribution in [-0.4, -0.2) is 27.7 Å². The summed E-state index contributed by atoms with van der Waals surface area (Å²) in [5.41, 5.74) is 1.09. The van der Waals surface area contributed by atoms with Crippen LogP contribution in [0.5, 0.6) is 0 Å². The highest BCUT2D eigenvalue weighted by atomic mass is 16.3. The van der Waals surface area contributed by atoms with E-state index in [0.717, 1.165) is 10.9 Å². The van der Waals surface area contributed by atoms with Crippen LogP contribution in [0.25, 0.3) is 10.9 Å². The minimum Gasteiger partial charge on any atom is -0.394 e. The minimum atomic E-state index is -0.575. The lowest BCUT2D eigenvalue weighted by molar-refractivity contribution is 0.0849. The highest BCUT2D eigenvalue weighted by molar-refractivity contribution is 6.07. The van der Waals surface area contributed by atoms with Crippen LogP contribution in [-0.2, 0) is 7.05 Å². The molecule has 0 saturated heterocycles. The molecule has 1 aromatic heterocycles. The van der Waals surface area contributed by atoms with Gasteiger partial charge in [-0.2, -0.15) is 0 Å². The number of rotatable bonds is 4. The molecule has 0 aliphatic heterocycles. The zero-order valence-electron chi connectivity index (χ0n) is 11.6. The fourth-order valence-corrected chi connectivity index (χ4v) is 2.10. The number of hydrogen-bond donors (Lipinski definition) is 2. The van der Waals surface area contributed by atoms with Crippen molar-refractivity contribution in [3.05, 3.63) is 36.0 Å². The Kier molecular flexibility index (Phi) is 3.62. The molecule has 2 rings (SSSR count). The van der Waals surface area contributed by atoms with Crippen LogP contribution in [0.1, 0.15) is 30.6 Å². The van der Waals surface area contributed by atoms with E-state index in [1.807, 2.05) is 55.9 Å². The van der Waals surface area contributed by atoms with E-state index < -0.39 is 5.54 Å². The number of nitrogens with zero attached hydrogens (tertiary/aromatic N) is 1. The van der Waals surface area contributed by atoms with E-state index in [-0.39, 0.29) is 12.5 Å². The van der Waals surface area contributed by atoms with Crippen LogP contribution in [0, 0.1) is 0 Å². The first-order valence-corrected chi connectivity index (χ1v) is 6.48. The van der Waals surface area contributed by atoms with Gasteiger partial charge in [-0.25, -0.2) is 0 Å². The smallest absolute Gasteiger partial charge is 0.253 e. The number of aromatic nitrogens is 1. The Labute approximate surface area is 113 Å². The van der Waals surface area contributed by atoms with Crippen molar-refractivity contribution in [2.45, 2.75) is 25.8 Å². The molecule has 102 valence electrons. The van der Waals surface area contributed by atoms with Gasteiger partial charge in [-0.1, -0.05) is 25.1 Å². The molecule has 1 atom stereocenters. The summed E-state index contributed by atoms with van der Waals surface area (Å²) in [5, 5.41) is 13.2. The van der Waals surface area contributed by atoms with Crippen molar-refractivity contribution in [2.75, 3.05) is 6.61 Å². The van der Waals surface area contributed by atoms with E-state index in [0.29, 0.717) is 12.0 Å². The monoisotopic (exact) mass is 260 g/mol. The Morgan fingerprint density at radius 1 is 1.42 bits per heavy atom. The SMILES string of the molecule is CCC(C)(CO)NC(=O)c1cn(C)c2ccccc12. The topological polar surface area (TPSA) is 54.3 Å². The van der Waals surface area contributed by atoms with Crippen LogP contribution in [0.2, 0.25) is 0 Å². The average molecular weight is 260 g/mol. The summed E-state index contributed by atoms with van der Waals surface area (Å²) in [6.45, 7) is 3.72. The number of hydrogen-bond acceptors (Lipinski definition) is 2. The number of carbonyl (C=O) groups is 1. The summed E-state index contributed by atoms with van der Waals surface area (Å²) in [4.78, 5) is 12.4. The van der Waals surface area contributed by atoms with Gasteiger partial charge in [0.2, 0.25) is 0 Å². The predicted molar refractivity (Wildman–Crippen MR) is 76.2 cm³/mol. The first-order chi connectivity index (χ1) is 9.00. The molecule has 1 aromatic carbocycles. The molecule has 0 saturated carbocycles. The van der Waals surface area contributed by atoms with Gasteiger partial charge >= 0.3 is 0 Å². The molecular weight excluding hydrogens is 240 g/mol. The van der Waals surface area contributed by atoms with Gasteiger partial charge in [0.05, 0.1) is 17.7 Å². The maximum absolute atomic E-state index is 12.4. The molecule has 1 amide bonds. The predicted octanol–water partition coefficient (Wildman–Crippen LogP) is 2.07. The molecule has 0 bridgehead atoms. The van der Waals surface area contributed by atoms with Crippen LogP contribution < -0.4 is 5.32 Å². The summed E-state index contributed by atoms with van der Waals surface area (Å²) < 4.78 is 1.94.